The standard InChI is InChI=1S/C23H26N4O3/c1-16(24-22(29)30-23(2,3)4)21(28)25-19-15-27(18-13-9-6-10-14-18)26-20(19)17-11-7-5-8-12-17/h5-16H,1-4H3,(H,24,29)(H,25,28)/t16-/m0/s1. The Morgan fingerprint density at radius 3 is 2.20 bits per heavy atom. The molecule has 0 aliphatic heterocycles. The van der Waals surface area contributed by atoms with Crippen LogP contribution in [0.5, 0.6) is 0 Å². The number of nitrogens with one attached hydrogen (secondary N) is 2. The molecule has 0 radical (unpaired) electrons. The van der Waals surface area contributed by atoms with Gasteiger partial charge < -0.3 is 15.4 Å². The quantitative estimate of drug-likeness (QED) is 0.658. The van der Waals surface area contributed by atoms with E-state index in [1.165, 1.54) is 0 Å². The fourth-order valence-electron chi connectivity index (χ4n) is 2.78. The second-order valence-corrected chi connectivity index (χ2v) is 7.89. The third kappa shape index (κ3) is 5.47. The molecule has 30 heavy (non-hydrogen) atoms. The summed E-state index contributed by atoms with van der Waals surface area (Å²) in [7, 11) is 0. The summed E-state index contributed by atoms with van der Waals surface area (Å²) in [6.45, 7) is 6.90. The zero-order chi connectivity index (χ0) is 21.7. The number of amides is 2. The van der Waals surface area contributed by atoms with E-state index >= 15 is 0 Å². The normalized spacial score (nSPS) is 12.1. The molecule has 2 N–H and O–H groups in total. The molecule has 0 aliphatic carbocycles. The molecule has 0 spiro atoms. The summed E-state index contributed by atoms with van der Waals surface area (Å²) >= 11 is 0. The van der Waals surface area contributed by atoms with E-state index in [9.17, 15) is 9.59 Å². The van der Waals surface area contributed by atoms with E-state index in [4.69, 9.17) is 4.74 Å². The first kappa shape index (κ1) is 21.1. The Balaban J connectivity index is 1.83. The molecule has 7 nitrogen and oxygen atoms in total. The van der Waals surface area contributed by atoms with E-state index in [1.807, 2.05) is 60.7 Å². The minimum Gasteiger partial charge on any atom is -0.444 e. The molecule has 2 aromatic carbocycles. The van der Waals surface area contributed by atoms with E-state index in [-0.39, 0.29) is 5.91 Å². The molecule has 0 aliphatic rings. The largest absolute Gasteiger partial charge is 0.444 e. The molecular weight excluding hydrogens is 380 g/mol. The van der Waals surface area contributed by atoms with Gasteiger partial charge in [-0.2, -0.15) is 5.10 Å². The smallest absolute Gasteiger partial charge is 0.408 e. The average molecular weight is 406 g/mol. The summed E-state index contributed by atoms with van der Waals surface area (Å²) in [4.78, 5) is 24.7. The number of carbonyl (C=O) groups is 2. The van der Waals surface area contributed by atoms with Gasteiger partial charge in [-0.05, 0) is 39.8 Å². The third-order valence-electron chi connectivity index (χ3n) is 4.17. The second-order valence-electron chi connectivity index (χ2n) is 7.89. The highest BCUT2D eigenvalue weighted by molar-refractivity contribution is 5.98. The topological polar surface area (TPSA) is 85.2 Å². The molecule has 0 saturated heterocycles. The summed E-state index contributed by atoms with van der Waals surface area (Å²) in [5.74, 6) is -0.370. The molecule has 1 atom stereocenters. The molecule has 1 aromatic heterocycles. The van der Waals surface area contributed by atoms with Crippen LogP contribution < -0.4 is 10.6 Å². The van der Waals surface area contributed by atoms with Gasteiger partial charge in [-0.15, -0.1) is 0 Å². The van der Waals surface area contributed by atoms with Crippen molar-refractivity contribution in [3.8, 4) is 16.9 Å². The second kappa shape index (κ2) is 8.82. The summed E-state index contributed by atoms with van der Waals surface area (Å²) in [6, 6.07) is 18.4. The summed E-state index contributed by atoms with van der Waals surface area (Å²) < 4.78 is 6.93. The van der Waals surface area contributed by atoms with Gasteiger partial charge in [0.05, 0.1) is 17.6 Å². The lowest BCUT2D eigenvalue weighted by atomic mass is 10.1. The number of benzene rings is 2. The van der Waals surface area contributed by atoms with Crippen LogP contribution in [-0.4, -0.2) is 33.4 Å². The molecule has 1 heterocycles. The Bertz CT molecular complexity index is 1010. The van der Waals surface area contributed by atoms with E-state index < -0.39 is 17.7 Å². The first-order chi connectivity index (χ1) is 14.2. The van der Waals surface area contributed by atoms with Gasteiger partial charge in [0.2, 0.25) is 5.91 Å². The first-order valence-corrected chi connectivity index (χ1v) is 9.74. The van der Waals surface area contributed by atoms with E-state index in [0.717, 1.165) is 11.3 Å². The van der Waals surface area contributed by atoms with Crippen molar-refractivity contribution in [3.63, 3.8) is 0 Å². The summed E-state index contributed by atoms with van der Waals surface area (Å²) in [6.07, 6.45) is 1.11. The van der Waals surface area contributed by atoms with Crippen LogP contribution in [0, 0.1) is 0 Å². The van der Waals surface area contributed by atoms with Crippen molar-refractivity contribution in [2.75, 3.05) is 5.32 Å². The summed E-state index contributed by atoms with van der Waals surface area (Å²) in [5.41, 5.74) is 2.29. The number of anilines is 1. The number of rotatable bonds is 5. The number of nitrogens with zero attached hydrogens (tertiary/aromatic N) is 2. The lowest BCUT2D eigenvalue weighted by Crippen LogP contribution is -2.44. The molecule has 0 fully saturated rings. The maximum Gasteiger partial charge on any atom is 0.408 e. The number of para-hydroxylation sites is 1. The van der Waals surface area contributed by atoms with E-state index in [1.54, 1.807) is 38.6 Å². The number of alkyl carbamates (subject to hydrolysis) is 1. The summed E-state index contributed by atoms with van der Waals surface area (Å²) in [5, 5.41) is 10.1. The van der Waals surface area contributed by atoms with Crippen LogP contribution in [0.4, 0.5) is 10.5 Å². The van der Waals surface area contributed by atoms with Crippen molar-refractivity contribution in [2.45, 2.75) is 39.3 Å². The molecule has 3 rings (SSSR count). The zero-order valence-corrected chi connectivity index (χ0v) is 17.5. The highest BCUT2D eigenvalue weighted by Crippen LogP contribution is 2.28. The van der Waals surface area contributed by atoms with Crippen LogP contribution in [0.2, 0.25) is 0 Å². The Hall–Kier alpha value is -3.61. The van der Waals surface area contributed by atoms with Crippen molar-refractivity contribution < 1.29 is 14.3 Å². The molecule has 0 saturated carbocycles. The lowest BCUT2D eigenvalue weighted by molar-refractivity contribution is -0.117. The Labute approximate surface area is 176 Å². The molecular formula is C23H26N4O3. The first-order valence-electron chi connectivity index (χ1n) is 9.74. The Morgan fingerprint density at radius 1 is 1.00 bits per heavy atom. The van der Waals surface area contributed by atoms with Crippen molar-refractivity contribution in [3.05, 3.63) is 66.9 Å². The molecule has 0 bridgehead atoms. The van der Waals surface area contributed by atoms with Gasteiger partial charge in [-0.3, -0.25) is 4.79 Å². The lowest BCUT2D eigenvalue weighted by Gasteiger charge is -2.21. The predicted octanol–water partition coefficient (Wildman–Crippen LogP) is 4.39. The predicted molar refractivity (Wildman–Crippen MR) is 116 cm³/mol. The van der Waals surface area contributed by atoms with E-state index in [0.29, 0.717) is 11.4 Å². The highest BCUT2D eigenvalue weighted by atomic mass is 16.6. The molecule has 7 heteroatoms. The van der Waals surface area contributed by atoms with Crippen LogP contribution in [0.25, 0.3) is 16.9 Å². The van der Waals surface area contributed by atoms with Crippen LogP contribution in [0.3, 0.4) is 0 Å². The fourth-order valence-corrected chi connectivity index (χ4v) is 2.78. The average Bonchev–Trinajstić information content (AvgIpc) is 3.11. The van der Waals surface area contributed by atoms with E-state index in [2.05, 4.69) is 15.7 Å². The van der Waals surface area contributed by atoms with Gasteiger partial charge in [0.15, 0.2) is 0 Å². The van der Waals surface area contributed by atoms with Crippen LogP contribution >= 0.6 is 0 Å². The number of hydrogen-bond donors (Lipinski definition) is 2. The van der Waals surface area contributed by atoms with Crippen molar-refractivity contribution in [1.29, 1.82) is 0 Å². The zero-order valence-electron chi connectivity index (χ0n) is 17.5. The molecule has 3 aromatic rings. The fraction of sp³-hybridized carbons (Fsp3) is 0.261. The monoisotopic (exact) mass is 406 g/mol. The van der Waals surface area contributed by atoms with Gasteiger partial charge in [-0.25, -0.2) is 9.48 Å². The van der Waals surface area contributed by atoms with Gasteiger partial charge >= 0.3 is 6.09 Å². The van der Waals surface area contributed by atoms with Crippen molar-refractivity contribution >= 4 is 17.7 Å². The van der Waals surface area contributed by atoms with Gasteiger partial charge in [-0.1, -0.05) is 48.5 Å². The minimum absolute atomic E-state index is 0.370. The minimum atomic E-state index is -0.788. The Kier molecular flexibility index (Phi) is 6.20. The Morgan fingerprint density at radius 2 is 1.60 bits per heavy atom. The highest BCUT2D eigenvalue weighted by Gasteiger charge is 2.22. The van der Waals surface area contributed by atoms with Gasteiger partial charge in [0.25, 0.3) is 0 Å². The van der Waals surface area contributed by atoms with Crippen molar-refractivity contribution in [1.82, 2.24) is 15.1 Å². The number of hydrogen-bond acceptors (Lipinski definition) is 4. The van der Waals surface area contributed by atoms with Crippen LogP contribution in [0.1, 0.15) is 27.7 Å². The third-order valence-corrected chi connectivity index (χ3v) is 4.17. The number of ether oxygens (including phenoxy) is 1. The maximum atomic E-state index is 12.7. The number of aromatic nitrogens is 2. The maximum absolute atomic E-state index is 12.7. The van der Waals surface area contributed by atoms with Crippen molar-refractivity contribution in [2.24, 2.45) is 0 Å². The van der Waals surface area contributed by atoms with Crippen LogP contribution in [-0.2, 0) is 9.53 Å². The number of carbonyl (C=O) groups excluding carboxylic acids is 2. The van der Waals surface area contributed by atoms with Crippen LogP contribution in [0.15, 0.2) is 66.9 Å². The molecule has 156 valence electrons. The van der Waals surface area contributed by atoms with Gasteiger partial charge in [0.1, 0.15) is 17.3 Å². The van der Waals surface area contributed by atoms with Gasteiger partial charge in [0, 0.05) is 5.56 Å². The SMILES string of the molecule is C[C@H](NC(=O)OC(C)(C)C)C(=O)Nc1cn(-c2ccccc2)nc1-c1ccccc1. The molecule has 0 unspecified atom stereocenters. The molecule has 2 amide bonds.